The van der Waals surface area contributed by atoms with Crippen molar-refractivity contribution in [1.82, 2.24) is 0 Å². The fraction of sp³-hybridized carbons (Fsp3) is 0.400. The molecule has 1 aliphatic carbocycles. The van der Waals surface area contributed by atoms with E-state index in [-0.39, 0.29) is 0 Å². The van der Waals surface area contributed by atoms with Crippen molar-refractivity contribution in [2.24, 2.45) is 0 Å². The predicted molar refractivity (Wildman–Crippen MR) is 67.6 cm³/mol. The molecule has 1 heterocycles. The molecule has 2 nitrogen and oxygen atoms in total. The summed E-state index contributed by atoms with van der Waals surface area (Å²) in [5.41, 5.74) is 0. The Balaban J connectivity index is 1.80. The molecule has 0 radical (unpaired) electrons. The summed E-state index contributed by atoms with van der Waals surface area (Å²) in [5.74, 6) is 0. The number of aromatic nitrogens is 1. The van der Waals surface area contributed by atoms with Crippen LogP contribution in [0.4, 0.5) is 0 Å². The van der Waals surface area contributed by atoms with E-state index in [2.05, 4.69) is 36.5 Å². The smallest absolute Gasteiger partial charge is 0.230 e. The van der Waals surface area contributed by atoms with E-state index in [9.17, 15) is 0 Å². The molecule has 0 aliphatic heterocycles. The van der Waals surface area contributed by atoms with E-state index < -0.39 is 0 Å². The summed E-state index contributed by atoms with van der Waals surface area (Å²) in [5, 5.41) is 2.49. The number of benzene rings is 1. The largest absolute Gasteiger partial charge is 0.268 e. The van der Waals surface area contributed by atoms with Gasteiger partial charge in [0, 0.05) is 10.8 Å². The fourth-order valence-electron chi connectivity index (χ4n) is 2.52. The van der Waals surface area contributed by atoms with Crippen LogP contribution in [0.3, 0.4) is 0 Å². The van der Waals surface area contributed by atoms with Crippen LogP contribution in [-0.4, -0.2) is 6.10 Å². The van der Waals surface area contributed by atoms with Crippen LogP contribution < -0.4 is 9.57 Å². The van der Waals surface area contributed by atoms with Crippen molar-refractivity contribution in [2.75, 3.05) is 0 Å². The van der Waals surface area contributed by atoms with Gasteiger partial charge in [-0.15, -0.1) is 0 Å². The SMILES string of the molecule is c1ccc2c[n+](OC3CCCCC3)ccc2c1. The van der Waals surface area contributed by atoms with Crippen molar-refractivity contribution < 1.29 is 9.57 Å². The Morgan fingerprint density at radius 1 is 0.941 bits per heavy atom. The van der Waals surface area contributed by atoms with E-state index in [0.29, 0.717) is 6.10 Å². The van der Waals surface area contributed by atoms with Gasteiger partial charge >= 0.3 is 0 Å². The third kappa shape index (κ3) is 2.41. The second-order valence-electron chi connectivity index (χ2n) is 4.80. The zero-order valence-corrected chi connectivity index (χ0v) is 10.0. The van der Waals surface area contributed by atoms with Gasteiger partial charge in [0.2, 0.25) is 12.4 Å². The van der Waals surface area contributed by atoms with E-state index in [1.54, 1.807) is 0 Å². The maximum absolute atomic E-state index is 5.98. The van der Waals surface area contributed by atoms with Crippen LogP contribution in [0.15, 0.2) is 42.7 Å². The molecule has 1 aromatic carbocycles. The number of fused-ring (bicyclic) bond motifs is 1. The van der Waals surface area contributed by atoms with Crippen molar-refractivity contribution in [2.45, 2.75) is 38.2 Å². The van der Waals surface area contributed by atoms with Crippen LogP contribution in [-0.2, 0) is 0 Å². The van der Waals surface area contributed by atoms with Crippen molar-refractivity contribution >= 4 is 10.8 Å². The molecule has 0 N–H and O–H groups in total. The molecule has 88 valence electrons. The Bertz CT molecular complexity index is 503. The maximum atomic E-state index is 5.98. The molecule has 0 spiro atoms. The van der Waals surface area contributed by atoms with E-state index >= 15 is 0 Å². The number of rotatable bonds is 2. The quantitative estimate of drug-likeness (QED) is 0.720. The molecule has 17 heavy (non-hydrogen) atoms. The second-order valence-corrected chi connectivity index (χ2v) is 4.80. The normalized spacial score (nSPS) is 17.2. The topological polar surface area (TPSA) is 13.1 Å². The van der Waals surface area contributed by atoms with Gasteiger partial charge in [-0.2, -0.15) is 0 Å². The Labute approximate surface area is 102 Å². The molecule has 0 amide bonds. The second kappa shape index (κ2) is 4.74. The summed E-state index contributed by atoms with van der Waals surface area (Å²) < 4.78 is 1.87. The van der Waals surface area contributed by atoms with Gasteiger partial charge in [-0.3, -0.25) is 4.84 Å². The molecule has 1 aromatic heterocycles. The van der Waals surface area contributed by atoms with Gasteiger partial charge in [-0.05, 0) is 37.1 Å². The molecule has 2 heteroatoms. The first-order chi connectivity index (χ1) is 8.42. The predicted octanol–water partition coefficient (Wildman–Crippen LogP) is 2.89. The monoisotopic (exact) mass is 228 g/mol. The highest BCUT2D eigenvalue weighted by Crippen LogP contribution is 2.17. The van der Waals surface area contributed by atoms with Crippen LogP contribution >= 0.6 is 0 Å². The summed E-state index contributed by atoms with van der Waals surface area (Å²) >= 11 is 0. The fourth-order valence-corrected chi connectivity index (χ4v) is 2.52. The van der Waals surface area contributed by atoms with Crippen LogP contribution in [0, 0.1) is 0 Å². The van der Waals surface area contributed by atoms with Crippen molar-refractivity contribution in [3.63, 3.8) is 0 Å². The number of hydrogen-bond donors (Lipinski definition) is 0. The molecule has 0 saturated heterocycles. The first-order valence-corrected chi connectivity index (χ1v) is 6.49. The average Bonchev–Trinajstić information content (AvgIpc) is 2.40. The van der Waals surface area contributed by atoms with Gasteiger partial charge in [0.1, 0.15) is 0 Å². The lowest BCUT2D eigenvalue weighted by Gasteiger charge is -2.17. The molecule has 1 saturated carbocycles. The first-order valence-electron chi connectivity index (χ1n) is 6.49. The summed E-state index contributed by atoms with van der Waals surface area (Å²) in [6.07, 6.45) is 10.8. The lowest BCUT2D eigenvalue weighted by atomic mass is 9.98. The van der Waals surface area contributed by atoms with E-state index in [4.69, 9.17) is 4.84 Å². The number of nitrogens with zero attached hydrogens (tertiary/aromatic N) is 1. The highest BCUT2D eigenvalue weighted by atomic mass is 16.7. The summed E-state index contributed by atoms with van der Waals surface area (Å²) in [7, 11) is 0. The molecule has 2 aromatic rings. The lowest BCUT2D eigenvalue weighted by molar-refractivity contribution is -0.898. The van der Waals surface area contributed by atoms with Gasteiger partial charge < -0.3 is 0 Å². The van der Waals surface area contributed by atoms with E-state index in [0.717, 1.165) is 0 Å². The zero-order chi connectivity index (χ0) is 11.5. The van der Waals surface area contributed by atoms with Crippen molar-refractivity contribution in [3.05, 3.63) is 42.7 Å². The number of hydrogen-bond acceptors (Lipinski definition) is 1. The first kappa shape index (κ1) is 10.6. The standard InChI is InChI=1S/C15H18NO/c1-2-8-15(9-3-1)17-16-11-10-13-6-4-5-7-14(13)12-16/h4-7,10-12,15H,1-3,8-9H2/q+1. The van der Waals surface area contributed by atoms with Crippen LogP contribution in [0.5, 0.6) is 0 Å². The maximum Gasteiger partial charge on any atom is 0.230 e. The summed E-state index contributed by atoms with van der Waals surface area (Å²) in [6.45, 7) is 0. The Kier molecular flexibility index (Phi) is 2.95. The van der Waals surface area contributed by atoms with Crippen molar-refractivity contribution in [3.8, 4) is 0 Å². The highest BCUT2D eigenvalue weighted by molar-refractivity contribution is 5.80. The molecule has 3 rings (SSSR count). The number of pyridine rings is 1. The molecule has 0 atom stereocenters. The Hall–Kier alpha value is -1.57. The minimum Gasteiger partial charge on any atom is -0.268 e. The van der Waals surface area contributed by atoms with E-state index in [1.165, 1.54) is 42.9 Å². The van der Waals surface area contributed by atoms with Gasteiger partial charge in [0.25, 0.3) is 0 Å². The minimum absolute atomic E-state index is 0.398. The minimum atomic E-state index is 0.398. The molecular weight excluding hydrogens is 210 g/mol. The van der Waals surface area contributed by atoms with Crippen LogP contribution in [0.1, 0.15) is 32.1 Å². The van der Waals surface area contributed by atoms with E-state index in [1.807, 2.05) is 10.9 Å². The average molecular weight is 228 g/mol. The Morgan fingerprint density at radius 2 is 1.71 bits per heavy atom. The summed E-state index contributed by atoms with van der Waals surface area (Å²) in [6, 6.07) is 10.5. The van der Waals surface area contributed by atoms with Crippen LogP contribution in [0.2, 0.25) is 0 Å². The third-order valence-electron chi connectivity index (χ3n) is 3.49. The van der Waals surface area contributed by atoms with Crippen LogP contribution in [0.25, 0.3) is 10.8 Å². The van der Waals surface area contributed by atoms with Gasteiger partial charge in [-0.25, -0.2) is 0 Å². The lowest BCUT2D eigenvalue weighted by Crippen LogP contribution is -2.47. The highest BCUT2D eigenvalue weighted by Gasteiger charge is 2.19. The Morgan fingerprint density at radius 3 is 2.53 bits per heavy atom. The molecule has 1 fully saturated rings. The molecule has 1 aliphatic rings. The van der Waals surface area contributed by atoms with Gasteiger partial charge in [0.05, 0.1) is 5.39 Å². The third-order valence-corrected chi connectivity index (χ3v) is 3.49. The molecular formula is C15H18NO+. The van der Waals surface area contributed by atoms with Gasteiger partial charge in [0.15, 0.2) is 6.10 Å². The van der Waals surface area contributed by atoms with Crippen molar-refractivity contribution in [1.29, 1.82) is 0 Å². The summed E-state index contributed by atoms with van der Waals surface area (Å²) in [4.78, 5) is 5.98. The molecule has 0 unspecified atom stereocenters. The van der Waals surface area contributed by atoms with Gasteiger partial charge in [-0.1, -0.05) is 24.6 Å². The zero-order valence-electron chi connectivity index (χ0n) is 10.0. The molecule has 0 bridgehead atoms.